The van der Waals surface area contributed by atoms with Crippen molar-refractivity contribution in [3.63, 3.8) is 0 Å². The second-order valence-electron chi connectivity index (χ2n) is 4.97. The van der Waals surface area contributed by atoms with Crippen molar-refractivity contribution in [1.82, 2.24) is 10.2 Å². The molecule has 2 nitrogen and oxygen atoms in total. The number of nitrogens with zero attached hydrogens (tertiary/aromatic N) is 1. The third-order valence-corrected chi connectivity index (χ3v) is 5.27. The molecule has 2 heterocycles. The van der Waals surface area contributed by atoms with Gasteiger partial charge in [0.15, 0.2) is 0 Å². The van der Waals surface area contributed by atoms with Crippen LogP contribution in [-0.2, 0) is 0 Å². The van der Waals surface area contributed by atoms with Crippen LogP contribution in [0.3, 0.4) is 0 Å². The van der Waals surface area contributed by atoms with Crippen LogP contribution in [0.4, 0.5) is 4.39 Å². The van der Waals surface area contributed by atoms with Crippen LogP contribution >= 0.6 is 46.9 Å². The molecule has 0 spiro atoms. The van der Waals surface area contributed by atoms with Crippen molar-refractivity contribution in [2.75, 3.05) is 26.2 Å². The van der Waals surface area contributed by atoms with Gasteiger partial charge in [-0.2, -0.15) is 0 Å². The first-order valence-electron chi connectivity index (χ1n) is 6.81. The Morgan fingerprint density at radius 2 is 1.86 bits per heavy atom. The van der Waals surface area contributed by atoms with Gasteiger partial charge in [0.05, 0.1) is 10.4 Å². The van der Waals surface area contributed by atoms with Crippen LogP contribution in [0.2, 0.25) is 9.36 Å². The van der Waals surface area contributed by atoms with E-state index in [9.17, 15) is 4.39 Å². The number of halogens is 4. The second-order valence-corrected chi connectivity index (χ2v) is 7.12. The van der Waals surface area contributed by atoms with Gasteiger partial charge in [0.2, 0.25) is 0 Å². The van der Waals surface area contributed by atoms with Crippen LogP contribution in [0.25, 0.3) is 0 Å². The zero-order chi connectivity index (χ0) is 14.8. The highest BCUT2D eigenvalue weighted by Gasteiger charge is 2.29. The maximum atomic E-state index is 14.4. The van der Waals surface area contributed by atoms with E-state index in [1.54, 1.807) is 12.1 Å². The number of rotatable bonds is 3. The van der Waals surface area contributed by atoms with Crippen molar-refractivity contribution in [2.45, 2.75) is 6.04 Å². The molecular formula is C15H16Cl3FN2S. The zero-order valence-electron chi connectivity index (χ0n) is 11.7. The highest BCUT2D eigenvalue weighted by atomic mass is 35.5. The summed E-state index contributed by atoms with van der Waals surface area (Å²) in [6.45, 7) is 3.49. The Hall–Kier alpha value is -0.360. The molecule has 22 heavy (non-hydrogen) atoms. The maximum absolute atomic E-state index is 14.4. The molecular weight excluding hydrogens is 366 g/mol. The van der Waals surface area contributed by atoms with Gasteiger partial charge in [-0.3, -0.25) is 4.90 Å². The summed E-state index contributed by atoms with van der Waals surface area (Å²) < 4.78 is 15.1. The molecule has 0 saturated carbocycles. The Balaban J connectivity index is 0.00000176. The molecule has 1 aliphatic heterocycles. The minimum absolute atomic E-state index is 0. The molecule has 2 aromatic rings. The van der Waals surface area contributed by atoms with Gasteiger partial charge in [0.25, 0.3) is 0 Å². The molecule has 0 unspecified atom stereocenters. The highest BCUT2D eigenvalue weighted by molar-refractivity contribution is 7.16. The van der Waals surface area contributed by atoms with Gasteiger partial charge in [-0.1, -0.05) is 29.3 Å². The highest BCUT2D eigenvalue weighted by Crippen LogP contribution is 2.39. The minimum atomic E-state index is -0.268. The van der Waals surface area contributed by atoms with Crippen LogP contribution in [0, 0.1) is 5.82 Å². The van der Waals surface area contributed by atoms with E-state index in [0.29, 0.717) is 14.9 Å². The number of nitrogens with one attached hydrogen (secondary N) is 1. The molecule has 0 amide bonds. The van der Waals surface area contributed by atoms with Crippen molar-refractivity contribution in [3.05, 3.63) is 55.9 Å². The van der Waals surface area contributed by atoms with Crippen molar-refractivity contribution in [1.29, 1.82) is 0 Å². The SMILES string of the molecule is Cl.Fc1cccc(Cl)c1[C@H](c1ccc(Cl)s1)N1CCNCC1. The molecule has 1 saturated heterocycles. The number of thiophene rings is 1. The second kappa shape index (κ2) is 7.95. The number of piperazine rings is 1. The van der Waals surface area contributed by atoms with E-state index < -0.39 is 0 Å². The van der Waals surface area contributed by atoms with Crippen molar-refractivity contribution >= 4 is 46.9 Å². The normalized spacial score (nSPS) is 17.0. The Labute approximate surface area is 149 Å². The number of hydrogen-bond acceptors (Lipinski definition) is 3. The molecule has 7 heteroatoms. The summed E-state index contributed by atoms with van der Waals surface area (Å²) in [7, 11) is 0. The zero-order valence-corrected chi connectivity index (χ0v) is 14.8. The smallest absolute Gasteiger partial charge is 0.129 e. The molecule has 3 rings (SSSR count). The van der Waals surface area contributed by atoms with Gasteiger partial charge in [-0.05, 0) is 24.3 Å². The average Bonchev–Trinajstić information content (AvgIpc) is 2.90. The summed E-state index contributed by atoms with van der Waals surface area (Å²) in [6.07, 6.45) is 0. The Kier molecular flexibility index (Phi) is 6.50. The molecule has 1 aliphatic rings. The van der Waals surface area contributed by atoms with E-state index in [-0.39, 0.29) is 24.3 Å². The molecule has 0 aliphatic carbocycles. The van der Waals surface area contributed by atoms with Crippen LogP contribution in [0.15, 0.2) is 30.3 Å². The van der Waals surface area contributed by atoms with Crippen molar-refractivity contribution in [3.8, 4) is 0 Å². The summed E-state index contributed by atoms with van der Waals surface area (Å²) in [5.74, 6) is -0.268. The molecule has 1 N–H and O–H groups in total. The van der Waals surface area contributed by atoms with E-state index in [1.807, 2.05) is 12.1 Å². The standard InChI is InChI=1S/C15H15Cl2FN2S.ClH/c16-10-2-1-3-11(18)14(10)15(12-4-5-13(17)21-12)20-8-6-19-7-9-20;/h1-5,15,19H,6-9H2;1H/t15-;/m0./s1. The van der Waals surface area contributed by atoms with Gasteiger partial charge in [-0.15, -0.1) is 23.7 Å². The van der Waals surface area contributed by atoms with Crippen LogP contribution in [-0.4, -0.2) is 31.1 Å². The van der Waals surface area contributed by atoms with E-state index >= 15 is 0 Å². The van der Waals surface area contributed by atoms with Gasteiger partial charge in [-0.25, -0.2) is 4.39 Å². The van der Waals surface area contributed by atoms with E-state index in [0.717, 1.165) is 31.1 Å². The predicted octanol–water partition coefficient (Wildman–Crippen LogP) is 4.61. The number of benzene rings is 1. The fourth-order valence-electron chi connectivity index (χ4n) is 2.69. The first kappa shape index (κ1) is 18.0. The minimum Gasteiger partial charge on any atom is -0.314 e. The summed E-state index contributed by atoms with van der Waals surface area (Å²) in [4.78, 5) is 3.28. The largest absolute Gasteiger partial charge is 0.314 e. The average molecular weight is 382 g/mol. The summed E-state index contributed by atoms with van der Waals surface area (Å²) >= 11 is 13.8. The molecule has 120 valence electrons. The topological polar surface area (TPSA) is 15.3 Å². The van der Waals surface area contributed by atoms with Crippen molar-refractivity contribution in [2.24, 2.45) is 0 Å². The van der Waals surface area contributed by atoms with E-state index in [1.165, 1.54) is 17.4 Å². The lowest BCUT2D eigenvalue weighted by molar-refractivity contribution is 0.197. The monoisotopic (exact) mass is 380 g/mol. The Bertz CT molecular complexity index is 609. The third kappa shape index (κ3) is 3.75. The van der Waals surface area contributed by atoms with Gasteiger partial charge >= 0.3 is 0 Å². The molecule has 0 radical (unpaired) electrons. The van der Waals surface area contributed by atoms with Crippen LogP contribution in [0.1, 0.15) is 16.5 Å². The summed E-state index contributed by atoms with van der Waals surface area (Å²) in [5, 5.41) is 3.78. The molecule has 1 aromatic heterocycles. The van der Waals surface area contributed by atoms with Crippen LogP contribution in [0.5, 0.6) is 0 Å². The van der Waals surface area contributed by atoms with Gasteiger partial charge in [0.1, 0.15) is 5.82 Å². The lowest BCUT2D eigenvalue weighted by atomic mass is 10.0. The fourth-order valence-corrected chi connectivity index (χ4v) is 4.16. The van der Waals surface area contributed by atoms with Crippen molar-refractivity contribution < 1.29 is 4.39 Å². The Morgan fingerprint density at radius 3 is 2.45 bits per heavy atom. The number of hydrogen-bond donors (Lipinski definition) is 1. The molecule has 1 aromatic carbocycles. The molecule has 0 bridgehead atoms. The first-order valence-corrected chi connectivity index (χ1v) is 8.38. The fraction of sp³-hybridized carbons (Fsp3) is 0.333. The quantitative estimate of drug-likeness (QED) is 0.835. The first-order chi connectivity index (χ1) is 10.2. The predicted molar refractivity (Wildman–Crippen MR) is 94.3 cm³/mol. The summed E-state index contributed by atoms with van der Waals surface area (Å²) in [6, 6.07) is 8.47. The van der Waals surface area contributed by atoms with E-state index in [2.05, 4.69) is 10.2 Å². The molecule has 1 atom stereocenters. The maximum Gasteiger partial charge on any atom is 0.129 e. The summed E-state index contributed by atoms with van der Waals surface area (Å²) in [5.41, 5.74) is 0.541. The lowest BCUT2D eigenvalue weighted by Crippen LogP contribution is -2.45. The third-order valence-electron chi connectivity index (χ3n) is 3.65. The van der Waals surface area contributed by atoms with E-state index in [4.69, 9.17) is 23.2 Å². The van der Waals surface area contributed by atoms with Gasteiger partial charge in [0, 0.05) is 41.6 Å². The molecule has 1 fully saturated rings. The van der Waals surface area contributed by atoms with Crippen LogP contribution < -0.4 is 5.32 Å². The lowest BCUT2D eigenvalue weighted by Gasteiger charge is -2.35. The Morgan fingerprint density at radius 1 is 1.14 bits per heavy atom. The van der Waals surface area contributed by atoms with Gasteiger partial charge < -0.3 is 5.32 Å².